The van der Waals surface area contributed by atoms with Gasteiger partial charge in [0.1, 0.15) is 6.04 Å². The SMILES string of the molecule is [2H]OC(=O)[C@@H](C)Nc1ccc2ccccc2c1. The van der Waals surface area contributed by atoms with Crippen LogP contribution in [0.1, 0.15) is 6.92 Å². The number of carboxylic acid groups (broad SMARTS) is 1. The minimum atomic E-state index is -0.599. The van der Waals surface area contributed by atoms with Gasteiger partial charge in [-0.2, -0.15) is 0 Å². The number of carboxylic acids is 1. The van der Waals surface area contributed by atoms with Crippen LogP contribution in [-0.2, 0) is 4.79 Å². The molecule has 1 atom stereocenters. The highest BCUT2D eigenvalue weighted by molar-refractivity contribution is 5.86. The molecule has 0 aromatic heterocycles. The van der Waals surface area contributed by atoms with Gasteiger partial charge in [0.05, 0.1) is 0 Å². The Labute approximate surface area is 95.2 Å². The summed E-state index contributed by atoms with van der Waals surface area (Å²) in [4.78, 5) is 11.1. The van der Waals surface area contributed by atoms with E-state index in [1.54, 1.807) is 6.92 Å². The molecule has 0 bridgehead atoms. The van der Waals surface area contributed by atoms with Crippen molar-refractivity contribution in [2.45, 2.75) is 13.0 Å². The van der Waals surface area contributed by atoms with E-state index in [9.17, 15) is 4.79 Å². The van der Waals surface area contributed by atoms with Crippen LogP contribution in [0.25, 0.3) is 12.2 Å². The zero-order chi connectivity index (χ0) is 12.3. The second kappa shape index (κ2) is 4.23. The van der Waals surface area contributed by atoms with E-state index < -0.39 is 12.0 Å². The van der Waals surface area contributed by atoms with E-state index in [4.69, 9.17) is 1.43 Å². The highest BCUT2D eigenvalue weighted by Crippen LogP contribution is 2.19. The van der Waals surface area contributed by atoms with Crippen LogP contribution in [0, 0.1) is 0 Å². The van der Waals surface area contributed by atoms with E-state index in [-0.39, 0.29) is 0 Å². The maximum absolute atomic E-state index is 11.1. The van der Waals surface area contributed by atoms with Gasteiger partial charge in [0.25, 0.3) is 1.43 Å². The molecule has 0 heterocycles. The van der Waals surface area contributed by atoms with Crippen molar-refractivity contribution in [1.82, 2.24) is 0 Å². The molecule has 0 radical (unpaired) electrons. The molecule has 0 saturated carbocycles. The van der Waals surface area contributed by atoms with Crippen molar-refractivity contribution < 1.29 is 9.90 Å². The van der Waals surface area contributed by atoms with Gasteiger partial charge in [-0.05, 0) is 29.8 Å². The zero-order valence-electron chi connectivity index (χ0n) is 9.94. The molecule has 82 valence electrons. The minimum absolute atomic E-state index is 0.534. The molecule has 0 unspecified atom stereocenters. The van der Waals surface area contributed by atoms with Gasteiger partial charge in [0.2, 0.25) is 0 Å². The number of anilines is 1. The molecule has 3 nitrogen and oxygen atoms in total. The molecule has 2 aromatic rings. The molecular weight excluding hydrogens is 202 g/mol. The third kappa shape index (κ3) is 2.14. The predicted molar refractivity (Wildman–Crippen MR) is 64.7 cm³/mol. The van der Waals surface area contributed by atoms with Crippen LogP contribution in [-0.4, -0.2) is 17.1 Å². The lowest BCUT2D eigenvalue weighted by molar-refractivity contribution is -0.137. The molecular formula is C13H13NO2. The second-order valence-electron chi connectivity index (χ2n) is 3.75. The number of hydrogen-bond acceptors (Lipinski definition) is 3. The standard InChI is InChI=1S/C13H13NO2/c1-9(13(15)16)14-12-7-6-10-4-2-3-5-11(10)8-12/h2-9,14H,1H3,(H,15,16)/t9-/m1/s1/i/hD. The number of fused-ring (bicyclic) bond motifs is 1. The third-order valence-electron chi connectivity index (χ3n) is 2.49. The van der Waals surface area contributed by atoms with Crippen LogP contribution in [0.2, 0.25) is 0 Å². The van der Waals surface area contributed by atoms with Crippen LogP contribution in [0.3, 0.4) is 0 Å². The summed E-state index contributed by atoms with van der Waals surface area (Å²) in [6.45, 7) is 1.66. The van der Waals surface area contributed by atoms with Crippen molar-refractivity contribution in [1.29, 1.82) is 1.43 Å². The summed E-state index contributed by atoms with van der Waals surface area (Å²) in [5.41, 5.74) is 0.835. The third-order valence-corrected chi connectivity index (χ3v) is 2.49. The minimum Gasteiger partial charge on any atom is -0.480 e. The smallest absolute Gasteiger partial charge is 0.325 e. The van der Waals surface area contributed by atoms with Crippen LogP contribution in [0.4, 0.5) is 5.69 Å². The topological polar surface area (TPSA) is 49.3 Å². The summed E-state index contributed by atoms with van der Waals surface area (Å²) >= 11 is 0. The number of aliphatic carboxylic acids is 1. The number of carbonyl (C=O) groups is 1. The van der Waals surface area contributed by atoms with Gasteiger partial charge in [0, 0.05) is 5.69 Å². The zero-order valence-corrected chi connectivity index (χ0v) is 8.94. The lowest BCUT2D eigenvalue weighted by atomic mass is 10.1. The molecule has 0 saturated heterocycles. The van der Waals surface area contributed by atoms with E-state index in [1.807, 2.05) is 42.5 Å². The van der Waals surface area contributed by atoms with Gasteiger partial charge < -0.3 is 10.4 Å². The van der Waals surface area contributed by atoms with Gasteiger partial charge in [-0.15, -0.1) is 0 Å². The van der Waals surface area contributed by atoms with Gasteiger partial charge >= 0.3 is 5.97 Å². The van der Waals surface area contributed by atoms with Crippen LogP contribution >= 0.6 is 0 Å². The largest absolute Gasteiger partial charge is 0.480 e. The summed E-state index contributed by atoms with van der Waals surface area (Å²) in [6, 6.07) is 13.3. The Morgan fingerprint density at radius 1 is 1.31 bits per heavy atom. The van der Waals surface area contributed by atoms with Gasteiger partial charge in [-0.1, -0.05) is 30.3 Å². The summed E-state index contributed by atoms with van der Waals surface area (Å²) in [5.74, 6) is -0.599. The molecule has 0 fully saturated rings. The highest BCUT2D eigenvalue weighted by Gasteiger charge is 2.09. The van der Waals surface area contributed by atoms with E-state index in [1.165, 1.54) is 0 Å². The summed E-state index contributed by atoms with van der Waals surface area (Å²) in [5, 5.41) is 9.16. The van der Waals surface area contributed by atoms with Crippen molar-refractivity contribution in [3.05, 3.63) is 42.5 Å². The van der Waals surface area contributed by atoms with Gasteiger partial charge in [-0.3, -0.25) is 4.79 Å². The molecule has 2 N–H and O–H groups in total. The summed E-state index contributed by atoms with van der Waals surface area (Å²) < 4.78 is 6.55. The van der Waals surface area contributed by atoms with Crippen molar-refractivity contribution in [3.63, 3.8) is 0 Å². The lowest BCUT2D eigenvalue weighted by Gasteiger charge is -2.11. The molecule has 0 aliphatic rings. The fourth-order valence-electron chi connectivity index (χ4n) is 1.59. The first kappa shape index (κ1) is 9.21. The number of rotatable bonds is 3. The average Bonchev–Trinajstić information content (AvgIpc) is 2.37. The van der Waals surface area contributed by atoms with E-state index in [2.05, 4.69) is 10.4 Å². The molecule has 3 heteroatoms. The highest BCUT2D eigenvalue weighted by atomic mass is 16.4. The fourth-order valence-corrected chi connectivity index (χ4v) is 1.59. The molecule has 2 aromatic carbocycles. The van der Waals surface area contributed by atoms with Crippen LogP contribution in [0.5, 0.6) is 0 Å². The van der Waals surface area contributed by atoms with Crippen molar-refractivity contribution in [2.24, 2.45) is 0 Å². The van der Waals surface area contributed by atoms with E-state index in [0.29, 0.717) is 0 Å². The Morgan fingerprint density at radius 3 is 2.81 bits per heavy atom. The first-order chi connectivity index (χ1) is 8.20. The van der Waals surface area contributed by atoms with E-state index in [0.717, 1.165) is 16.5 Å². The fraction of sp³-hybridized carbons (Fsp3) is 0.154. The molecule has 0 spiro atoms. The molecule has 2 rings (SSSR count). The Bertz CT molecular complexity index is 542. The van der Waals surface area contributed by atoms with Gasteiger partial charge in [0.15, 0.2) is 0 Å². The van der Waals surface area contributed by atoms with Crippen molar-refractivity contribution >= 4 is 22.4 Å². The average molecular weight is 216 g/mol. The summed E-state index contributed by atoms with van der Waals surface area (Å²) in [6.07, 6.45) is 0. The van der Waals surface area contributed by atoms with Crippen molar-refractivity contribution in [2.75, 3.05) is 5.32 Å². The lowest BCUT2D eigenvalue weighted by Crippen LogP contribution is -2.25. The Morgan fingerprint density at radius 2 is 2.06 bits per heavy atom. The maximum atomic E-state index is 11.1. The number of benzene rings is 2. The quantitative estimate of drug-likeness (QED) is 0.829. The maximum Gasteiger partial charge on any atom is 0.325 e. The molecule has 0 aliphatic heterocycles. The first-order valence-electron chi connectivity index (χ1n) is 5.54. The Balaban J connectivity index is 2.22. The van der Waals surface area contributed by atoms with Crippen LogP contribution in [0.15, 0.2) is 42.5 Å². The Kier molecular flexibility index (Phi) is 2.43. The van der Waals surface area contributed by atoms with Crippen LogP contribution < -0.4 is 5.32 Å². The Hall–Kier alpha value is -2.03. The monoisotopic (exact) mass is 216 g/mol. The normalized spacial score (nSPS) is 12.9. The number of hydrogen-bond donors (Lipinski definition) is 2. The molecule has 16 heavy (non-hydrogen) atoms. The van der Waals surface area contributed by atoms with Gasteiger partial charge in [-0.25, -0.2) is 0 Å². The van der Waals surface area contributed by atoms with E-state index >= 15 is 0 Å². The summed E-state index contributed by atoms with van der Waals surface area (Å²) in [7, 11) is 0. The molecule has 0 amide bonds. The first-order valence-corrected chi connectivity index (χ1v) is 5.13. The second-order valence-corrected chi connectivity index (χ2v) is 3.75. The number of nitrogens with one attached hydrogen (secondary N) is 1. The molecule has 0 aliphatic carbocycles. The predicted octanol–water partition coefficient (Wildman–Crippen LogP) is 2.72. The van der Waals surface area contributed by atoms with Crippen molar-refractivity contribution in [3.8, 4) is 0 Å².